The highest BCUT2D eigenvalue weighted by Crippen LogP contribution is 2.30. The highest BCUT2D eigenvalue weighted by molar-refractivity contribution is 5.87. The number of amides is 2. The Bertz CT molecular complexity index is 866. The number of carbonyl (C=O) groups excluding carboxylic acids is 2. The standard InChI is InChI=1S/C20H27N5O2/c1-14-22-16-5-4-15(12-17(16)23-14)13-18(26)25-10-6-20(7-11-25)19(27)21-8-3-9-24(20)2/h4-5,12H,3,6-11,13H2,1-2H3,(H,21,27)(H,22,23). The van der Waals surface area contributed by atoms with E-state index in [9.17, 15) is 9.59 Å². The molecule has 1 spiro atoms. The number of rotatable bonds is 2. The van der Waals surface area contributed by atoms with E-state index in [0.717, 1.165) is 41.9 Å². The minimum Gasteiger partial charge on any atom is -0.354 e. The van der Waals surface area contributed by atoms with E-state index >= 15 is 0 Å². The summed E-state index contributed by atoms with van der Waals surface area (Å²) in [6.45, 7) is 4.83. The predicted octanol–water partition coefficient (Wildman–Crippen LogP) is 1.23. The fraction of sp³-hybridized carbons (Fsp3) is 0.550. The Morgan fingerprint density at radius 3 is 2.81 bits per heavy atom. The number of hydrogen-bond donors (Lipinski definition) is 2. The summed E-state index contributed by atoms with van der Waals surface area (Å²) in [6.07, 6.45) is 2.74. The van der Waals surface area contributed by atoms with Gasteiger partial charge in [-0.15, -0.1) is 0 Å². The third-order valence-electron chi connectivity index (χ3n) is 6.07. The molecule has 0 atom stereocenters. The molecule has 0 saturated carbocycles. The van der Waals surface area contributed by atoms with Crippen molar-refractivity contribution in [2.24, 2.45) is 0 Å². The van der Waals surface area contributed by atoms with Gasteiger partial charge in [0.1, 0.15) is 11.4 Å². The van der Waals surface area contributed by atoms with Crippen LogP contribution >= 0.6 is 0 Å². The summed E-state index contributed by atoms with van der Waals surface area (Å²) in [4.78, 5) is 37.1. The first-order chi connectivity index (χ1) is 13.0. The summed E-state index contributed by atoms with van der Waals surface area (Å²) in [5.41, 5.74) is 2.42. The molecule has 0 aliphatic carbocycles. The number of aromatic nitrogens is 2. The second-order valence-corrected chi connectivity index (χ2v) is 7.79. The number of imidazole rings is 1. The minimum atomic E-state index is -0.459. The first-order valence-electron chi connectivity index (χ1n) is 9.70. The van der Waals surface area contributed by atoms with Gasteiger partial charge in [-0.2, -0.15) is 0 Å². The summed E-state index contributed by atoms with van der Waals surface area (Å²) < 4.78 is 0. The third kappa shape index (κ3) is 3.32. The first-order valence-corrected chi connectivity index (χ1v) is 9.70. The highest BCUT2D eigenvalue weighted by atomic mass is 16.2. The topological polar surface area (TPSA) is 81.3 Å². The van der Waals surface area contributed by atoms with Crippen molar-refractivity contribution in [2.45, 2.75) is 38.1 Å². The third-order valence-corrected chi connectivity index (χ3v) is 6.07. The lowest BCUT2D eigenvalue weighted by molar-refractivity contribution is -0.141. The van der Waals surface area contributed by atoms with Crippen molar-refractivity contribution in [3.8, 4) is 0 Å². The molecule has 3 heterocycles. The van der Waals surface area contributed by atoms with Crippen LogP contribution in [0.15, 0.2) is 18.2 Å². The lowest BCUT2D eigenvalue weighted by atomic mass is 9.85. The summed E-state index contributed by atoms with van der Waals surface area (Å²) in [5, 5.41) is 3.04. The van der Waals surface area contributed by atoms with Crippen LogP contribution in [0.3, 0.4) is 0 Å². The Hall–Kier alpha value is -2.41. The molecule has 0 bridgehead atoms. The summed E-state index contributed by atoms with van der Waals surface area (Å²) in [7, 11) is 2.03. The highest BCUT2D eigenvalue weighted by Gasteiger charge is 2.45. The number of aromatic amines is 1. The van der Waals surface area contributed by atoms with Crippen molar-refractivity contribution in [1.82, 2.24) is 25.1 Å². The molecule has 7 heteroatoms. The normalized spacial score (nSPS) is 20.7. The smallest absolute Gasteiger partial charge is 0.240 e. The Balaban J connectivity index is 1.42. The van der Waals surface area contributed by atoms with E-state index < -0.39 is 5.54 Å². The summed E-state index contributed by atoms with van der Waals surface area (Å²) >= 11 is 0. The van der Waals surface area contributed by atoms with Gasteiger partial charge in [-0.05, 0) is 50.9 Å². The van der Waals surface area contributed by atoms with E-state index in [1.165, 1.54) is 0 Å². The lowest BCUT2D eigenvalue weighted by Crippen LogP contribution is -2.61. The van der Waals surface area contributed by atoms with Crippen molar-refractivity contribution < 1.29 is 9.59 Å². The Morgan fingerprint density at radius 2 is 2.04 bits per heavy atom. The molecule has 2 fully saturated rings. The van der Waals surface area contributed by atoms with E-state index in [1.807, 2.05) is 37.1 Å². The van der Waals surface area contributed by atoms with Crippen LogP contribution < -0.4 is 5.32 Å². The average molecular weight is 369 g/mol. The van der Waals surface area contributed by atoms with Crippen LogP contribution in [0, 0.1) is 6.92 Å². The number of benzene rings is 1. The van der Waals surface area contributed by atoms with Crippen molar-refractivity contribution in [2.75, 3.05) is 33.2 Å². The van der Waals surface area contributed by atoms with Crippen LogP contribution in [0.4, 0.5) is 0 Å². The molecule has 2 amide bonds. The second-order valence-electron chi connectivity index (χ2n) is 7.79. The van der Waals surface area contributed by atoms with Crippen LogP contribution in [0.25, 0.3) is 11.0 Å². The van der Waals surface area contributed by atoms with Crippen LogP contribution in [-0.2, 0) is 16.0 Å². The average Bonchev–Trinajstić information content (AvgIpc) is 2.98. The number of H-pyrrole nitrogens is 1. The molecule has 2 aliphatic rings. The lowest BCUT2D eigenvalue weighted by Gasteiger charge is -2.45. The molecule has 4 rings (SSSR count). The van der Waals surface area contributed by atoms with Crippen molar-refractivity contribution >= 4 is 22.8 Å². The van der Waals surface area contributed by atoms with E-state index in [1.54, 1.807) is 0 Å². The molecular weight excluding hydrogens is 342 g/mol. The molecule has 0 unspecified atom stereocenters. The van der Waals surface area contributed by atoms with Gasteiger partial charge in [0.2, 0.25) is 11.8 Å². The van der Waals surface area contributed by atoms with Gasteiger partial charge in [0.15, 0.2) is 0 Å². The number of piperidine rings is 1. The fourth-order valence-corrected chi connectivity index (χ4v) is 4.39. The molecule has 144 valence electrons. The second kappa shape index (κ2) is 6.96. The van der Waals surface area contributed by atoms with E-state index in [4.69, 9.17) is 0 Å². The Labute approximate surface area is 159 Å². The van der Waals surface area contributed by atoms with Crippen LogP contribution in [-0.4, -0.2) is 70.3 Å². The number of nitrogens with one attached hydrogen (secondary N) is 2. The van der Waals surface area contributed by atoms with Gasteiger partial charge in [-0.3, -0.25) is 14.5 Å². The molecule has 2 saturated heterocycles. The Kier molecular flexibility index (Phi) is 4.63. The molecule has 1 aromatic carbocycles. The van der Waals surface area contributed by atoms with Gasteiger partial charge >= 0.3 is 0 Å². The maximum atomic E-state index is 12.8. The van der Waals surface area contributed by atoms with Crippen molar-refractivity contribution in [3.63, 3.8) is 0 Å². The maximum Gasteiger partial charge on any atom is 0.240 e. The zero-order chi connectivity index (χ0) is 19.0. The minimum absolute atomic E-state index is 0.120. The van der Waals surface area contributed by atoms with Gasteiger partial charge in [0.05, 0.1) is 17.5 Å². The van der Waals surface area contributed by atoms with Gasteiger partial charge in [-0.25, -0.2) is 4.98 Å². The van der Waals surface area contributed by atoms with Crippen molar-refractivity contribution in [1.29, 1.82) is 0 Å². The molecule has 1 aromatic heterocycles. The summed E-state index contributed by atoms with van der Waals surface area (Å²) in [6, 6.07) is 5.93. The molecular formula is C20H27N5O2. The van der Waals surface area contributed by atoms with E-state index in [-0.39, 0.29) is 11.8 Å². The molecule has 2 aliphatic heterocycles. The van der Waals surface area contributed by atoms with Crippen LogP contribution in [0.2, 0.25) is 0 Å². The predicted molar refractivity (Wildman–Crippen MR) is 103 cm³/mol. The quantitative estimate of drug-likeness (QED) is 0.834. The SMILES string of the molecule is Cc1nc2ccc(CC(=O)N3CCC4(CC3)C(=O)NCCCN4C)cc2[nH]1. The molecule has 2 N–H and O–H groups in total. The zero-order valence-electron chi connectivity index (χ0n) is 16.0. The number of aryl methyl sites for hydroxylation is 1. The molecule has 2 aromatic rings. The molecule has 27 heavy (non-hydrogen) atoms. The number of nitrogens with zero attached hydrogens (tertiary/aromatic N) is 3. The van der Waals surface area contributed by atoms with Gasteiger partial charge < -0.3 is 15.2 Å². The zero-order valence-corrected chi connectivity index (χ0v) is 16.0. The first kappa shape index (κ1) is 18.0. The van der Waals surface area contributed by atoms with Crippen LogP contribution in [0.5, 0.6) is 0 Å². The van der Waals surface area contributed by atoms with Gasteiger partial charge in [-0.1, -0.05) is 6.07 Å². The van der Waals surface area contributed by atoms with E-state index in [0.29, 0.717) is 32.4 Å². The van der Waals surface area contributed by atoms with Crippen LogP contribution in [0.1, 0.15) is 30.7 Å². The van der Waals surface area contributed by atoms with Gasteiger partial charge in [0, 0.05) is 26.2 Å². The number of likely N-dealkylation sites (N-methyl/N-ethyl adjacent to an activating group) is 1. The van der Waals surface area contributed by atoms with E-state index in [2.05, 4.69) is 20.2 Å². The summed E-state index contributed by atoms with van der Waals surface area (Å²) in [5.74, 6) is 1.12. The number of carbonyl (C=O) groups is 2. The fourth-order valence-electron chi connectivity index (χ4n) is 4.39. The largest absolute Gasteiger partial charge is 0.354 e. The Morgan fingerprint density at radius 1 is 1.26 bits per heavy atom. The number of hydrogen-bond acceptors (Lipinski definition) is 4. The maximum absolute atomic E-state index is 12.8. The van der Waals surface area contributed by atoms with Crippen molar-refractivity contribution in [3.05, 3.63) is 29.6 Å². The molecule has 7 nitrogen and oxygen atoms in total. The van der Waals surface area contributed by atoms with Gasteiger partial charge in [0.25, 0.3) is 0 Å². The molecule has 0 radical (unpaired) electrons. The monoisotopic (exact) mass is 369 g/mol. The number of likely N-dealkylation sites (tertiary alicyclic amines) is 1. The number of fused-ring (bicyclic) bond motifs is 1.